The fraction of sp³-hybridized carbons (Fsp3) is 0.444. The number of hydrogen-bond donors (Lipinski definition) is 0. The Hall–Kier alpha value is -2.48. The second-order valence-corrected chi connectivity index (χ2v) is 7.72. The predicted octanol–water partition coefficient (Wildman–Crippen LogP) is 1.40. The fourth-order valence-electron chi connectivity index (χ4n) is 3.34. The number of carbonyl (C=O) groups is 3. The van der Waals surface area contributed by atoms with Crippen LogP contribution >= 0.6 is 11.3 Å². The zero-order chi connectivity index (χ0) is 18.3. The van der Waals surface area contributed by atoms with Crippen LogP contribution < -0.4 is 4.90 Å². The van der Waals surface area contributed by atoms with Gasteiger partial charge in [0.15, 0.2) is 5.13 Å². The van der Waals surface area contributed by atoms with Crippen molar-refractivity contribution >= 4 is 44.4 Å². The number of carbonyl (C=O) groups excluding carboxylic acids is 3. The predicted molar refractivity (Wildman–Crippen MR) is 99.1 cm³/mol. The molecular weight excluding hydrogens is 352 g/mol. The maximum Gasteiger partial charge on any atom is 0.242 e. The monoisotopic (exact) mass is 372 g/mol. The lowest BCUT2D eigenvalue weighted by atomic mass is 10.2. The van der Waals surface area contributed by atoms with Gasteiger partial charge in [0.25, 0.3) is 0 Å². The zero-order valence-corrected chi connectivity index (χ0v) is 15.4. The topological polar surface area (TPSA) is 73.8 Å². The highest BCUT2D eigenvalue weighted by Crippen LogP contribution is 2.30. The molecule has 2 fully saturated rings. The van der Waals surface area contributed by atoms with Gasteiger partial charge in [-0.3, -0.25) is 19.3 Å². The van der Waals surface area contributed by atoms with E-state index < -0.39 is 0 Å². The molecule has 2 aliphatic heterocycles. The van der Waals surface area contributed by atoms with Crippen molar-refractivity contribution in [3.63, 3.8) is 0 Å². The van der Waals surface area contributed by atoms with Crippen LogP contribution in [-0.4, -0.2) is 65.2 Å². The van der Waals surface area contributed by atoms with Crippen LogP contribution in [-0.2, 0) is 14.4 Å². The summed E-state index contributed by atoms with van der Waals surface area (Å²) in [6, 6.07) is 6.23. The number of rotatable bonds is 3. The van der Waals surface area contributed by atoms with Crippen LogP contribution in [0, 0.1) is 6.92 Å². The highest BCUT2D eigenvalue weighted by Gasteiger charge is 2.32. The Morgan fingerprint density at radius 2 is 1.81 bits per heavy atom. The Morgan fingerprint density at radius 1 is 1.12 bits per heavy atom. The van der Waals surface area contributed by atoms with Gasteiger partial charge in [-0.25, -0.2) is 4.98 Å². The van der Waals surface area contributed by atoms with E-state index in [9.17, 15) is 14.4 Å². The van der Waals surface area contributed by atoms with Gasteiger partial charge in [-0.15, -0.1) is 0 Å². The van der Waals surface area contributed by atoms with E-state index in [1.54, 1.807) is 16.2 Å². The van der Waals surface area contributed by atoms with E-state index in [1.807, 2.05) is 6.07 Å². The van der Waals surface area contributed by atoms with Crippen molar-refractivity contribution in [2.45, 2.75) is 19.8 Å². The van der Waals surface area contributed by atoms with Gasteiger partial charge < -0.3 is 9.80 Å². The molecule has 3 amide bonds. The summed E-state index contributed by atoms with van der Waals surface area (Å²) >= 11 is 1.67. The minimum Gasteiger partial charge on any atom is -0.345 e. The molecule has 3 heterocycles. The smallest absolute Gasteiger partial charge is 0.242 e. The molecule has 2 aromatic rings. The second-order valence-electron chi connectivity index (χ2n) is 6.71. The number of amides is 3. The Balaban J connectivity index is 1.38. The molecule has 0 radical (unpaired) electrons. The first-order chi connectivity index (χ1) is 12.5. The molecule has 0 N–H and O–H groups in total. The molecule has 0 bridgehead atoms. The molecule has 1 aromatic heterocycles. The van der Waals surface area contributed by atoms with Crippen LogP contribution in [0.25, 0.3) is 10.2 Å². The number of imide groups is 1. The average Bonchev–Trinajstić information content (AvgIpc) is 3.19. The zero-order valence-electron chi connectivity index (χ0n) is 14.6. The third-order valence-electron chi connectivity index (χ3n) is 4.88. The van der Waals surface area contributed by atoms with E-state index in [1.165, 1.54) is 10.3 Å². The summed E-state index contributed by atoms with van der Waals surface area (Å²) in [5.74, 6) is -0.647. The highest BCUT2D eigenvalue weighted by atomic mass is 32.1. The summed E-state index contributed by atoms with van der Waals surface area (Å²) in [7, 11) is 0. The molecule has 7 nitrogen and oxygen atoms in total. The number of anilines is 1. The lowest BCUT2D eigenvalue weighted by Gasteiger charge is -2.35. The third-order valence-corrected chi connectivity index (χ3v) is 5.96. The summed E-state index contributed by atoms with van der Waals surface area (Å²) in [4.78, 5) is 45.5. The summed E-state index contributed by atoms with van der Waals surface area (Å²) in [5, 5.41) is 0.975. The molecule has 0 spiro atoms. The molecule has 0 saturated carbocycles. The van der Waals surface area contributed by atoms with Crippen molar-refractivity contribution < 1.29 is 14.4 Å². The molecule has 0 atom stereocenters. The van der Waals surface area contributed by atoms with Crippen molar-refractivity contribution in [2.24, 2.45) is 0 Å². The van der Waals surface area contributed by atoms with E-state index in [2.05, 4.69) is 24.0 Å². The number of likely N-dealkylation sites (tertiary alicyclic amines) is 1. The molecule has 26 heavy (non-hydrogen) atoms. The van der Waals surface area contributed by atoms with Gasteiger partial charge in [0.2, 0.25) is 17.7 Å². The first-order valence-corrected chi connectivity index (χ1v) is 9.56. The number of aryl methyl sites for hydroxylation is 1. The van der Waals surface area contributed by atoms with Gasteiger partial charge in [-0.05, 0) is 24.6 Å². The van der Waals surface area contributed by atoms with Crippen molar-refractivity contribution in [2.75, 3.05) is 37.6 Å². The molecule has 8 heteroatoms. The van der Waals surface area contributed by atoms with Gasteiger partial charge in [0.05, 0.1) is 10.2 Å². The standard InChI is InChI=1S/C18H20N4O3S/c1-12-2-3-13-14(10-12)26-18(19-13)21-8-6-20(7-9-21)17(25)11-22-15(23)4-5-16(22)24/h2-3,10H,4-9,11H2,1H3. The van der Waals surface area contributed by atoms with Crippen LogP contribution in [0.15, 0.2) is 18.2 Å². The van der Waals surface area contributed by atoms with Crippen LogP contribution in [0.3, 0.4) is 0 Å². The third kappa shape index (κ3) is 3.16. The van der Waals surface area contributed by atoms with Crippen molar-refractivity contribution in [1.82, 2.24) is 14.8 Å². The Bertz CT molecular complexity index is 870. The molecule has 2 aliphatic rings. The Kier molecular flexibility index (Phi) is 4.36. The fourth-order valence-corrected chi connectivity index (χ4v) is 4.45. The number of thiazole rings is 1. The number of aromatic nitrogens is 1. The van der Waals surface area contributed by atoms with E-state index >= 15 is 0 Å². The minimum absolute atomic E-state index is 0.127. The minimum atomic E-state index is -0.244. The van der Waals surface area contributed by atoms with Gasteiger partial charge in [0.1, 0.15) is 6.54 Å². The van der Waals surface area contributed by atoms with Gasteiger partial charge >= 0.3 is 0 Å². The molecule has 0 aliphatic carbocycles. The maximum absolute atomic E-state index is 12.4. The van der Waals surface area contributed by atoms with Crippen molar-refractivity contribution in [3.05, 3.63) is 23.8 Å². The molecule has 136 valence electrons. The van der Waals surface area contributed by atoms with E-state index in [-0.39, 0.29) is 37.1 Å². The quantitative estimate of drug-likeness (QED) is 0.762. The average molecular weight is 372 g/mol. The molecular formula is C18H20N4O3S. The lowest BCUT2D eigenvalue weighted by molar-refractivity contribution is -0.145. The summed E-state index contributed by atoms with van der Waals surface area (Å²) in [6.07, 6.45) is 0.438. The molecule has 4 rings (SSSR count). The Labute approximate surface area is 155 Å². The van der Waals surface area contributed by atoms with Crippen LogP contribution in [0.4, 0.5) is 5.13 Å². The van der Waals surface area contributed by atoms with Crippen LogP contribution in [0.1, 0.15) is 18.4 Å². The van der Waals surface area contributed by atoms with Crippen LogP contribution in [0.2, 0.25) is 0 Å². The molecule has 2 saturated heterocycles. The van der Waals surface area contributed by atoms with E-state index in [0.717, 1.165) is 15.5 Å². The normalized spacial score (nSPS) is 18.3. The maximum atomic E-state index is 12.4. The first kappa shape index (κ1) is 17.0. The van der Waals surface area contributed by atoms with Crippen LogP contribution in [0.5, 0.6) is 0 Å². The van der Waals surface area contributed by atoms with Crippen molar-refractivity contribution in [3.8, 4) is 0 Å². The number of nitrogens with zero attached hydrogens (tertiary/aromatic N) is 4. The highest BCUT2D eigenvalue weighted by molar-refractivity contribution is 7.22. The lowest BCUT2D eigenvalue weighted by Crippen LogP contribution is -2.51. The summed E-state index contributed by atoms with van der Waals surface area (Å²) in [5.41, 5.74) is 2.22. The largest absolute Gasteiger partial charge is 0.345 e. The number of benzene rings is 1. The number of piperazine rings is 1. The van der Waals surface area contributed by atoms with E-state index in [4.69, 9.17) is 4.98 Å². The van der Waals surface area contributed by atoms with E-state index in [0.29, 0.717) is 26.2 Å². The second kappa shape index (κ2) is 6.68. The number of fused-ring (bicyclic) bond motifs is 1. The summed E-state index contributed by atoms with van der Waals surface area (Å²) < 4.78 is 1.17. The van der Waals surface area contributed by atoms with Gasteiger partial charge in [-0.1, -0.05) is 17.4 Å². The molecule has 0 unspecified atom stereocenters. The van der Waals surface area contributed by atoms with Gasteiger partial charge in [0, 0.05) is 39.0 Å². The van der Waals surface area contributed by atoms with Gasteiger partial charge in [-0.2, -0.15) is 0 Å². The first-order valence-electron chi connectivity index (χ1n) is 8.74. The Morgan fingerprint density at radius 3 is 2.50 bits per heavy atom. The van der Waals surface area contributed by atoms with Crippen molar-refractivity contribution in [1.29, 1.82) is 0 Å². The number of hydrogen-bond acceptors (Lipinski definition) is 6. The summed E-state index contributed by atoms with van der Waals surface area (Å²) in [6.45, 7) is 4.49. The SMILES string of the molecule is Cc1ccc2nc(N3CCN(C(=O)CN4C(=O)CCC4=O)CC3)sc2c1. The molecule has 1 aromatic carbocycles.